The van der Waals surface area contributed by atoms with Crippen LogP contribution >= 0.6 is 11.6 Å². The van der Waals surface area contributed by atoms with Crippen molar-refractivity contribution in [2.24, 2.45) is 0 Å². The van der Waals surface area contributed by atoms with Crippen LogP contribution in [0.4, 0.5) is 23.1 Å². The van der Waals surface area contributed by atoms with E-state index in [1.54, 1.807) is 6.07 Å². The Morgan fingerprint density at radius 2 is 1.30 bits per heavy atom. The Labute approximate surface area is 163 Å². The van der Waals surface area contributed by atoms with Gasteiger partial charge in [0.2, 0.25) is 5.95 Å². The van der Waals surface area contributed by atoms with Crippen molar-refractivity contribution in [3.63, 3.8) is 0 Å². The molecule has 7 heteroatoms. The maximum atomic E-state index is 6.14. The zero-order chi connectivity index (χ0) is 19.1. The van der Waals surface area contributed by atoms with E-state index in [4.69, 9.17) is 21.1 Å². The van der Waals surface area contributed by atoms with Crippen LogP contribution in [0.2, 0.25) is 5.15 Å². The van der Waals surface area contributed by atoms with E-state index in [9.17, 15) is 0 Å². The van der Waals surface area contributed by atoms with Crippen LogP contribution in [-0.4, -0.2) is 23.2 Å². The lowest BCUT2D eigenvalue weighted by molar-refractivity contribution is 0.340. The largest absolute Gasteiger partial charge is 0.494 e. The third-order valence-electron chi connectivity index (χ3n) is 3.55. The molecule has 1 heterocycles. The molecule has 0 radical (unpaired) electrons. The number of benzene rings is 2. The Morgan fingerprint density at radius 1 is 0.778 bits per heavy atom. The zero-order valence-corrected chi connectivity index (χ0v) is 16.0. The van der Waals surface area contributed by atoms with Gasteiger partial charge in [-0.3, -0.25) is 0 Å². The van der Waals surface area contributed by atoms with Crippen molar-refractivity contribution < 1.29 is 9.47 Å². The highest BCUT2D eigenvalue weighted by molar-refractivity contribution is 6.29. The lowest BCUT2D eigenvalue weighted by atomic mass is 10.3. The van der Waals surface area contributed by atoms with Crippen molar-refractivity contribution in [1.82, 2.24) is 9.97 Å². The first-order valence-electron chi connectivity index (χ1n) is 8.70. The maximum absolute atomic E-state index is 6.14. The van der Waals surface area contributed by atoms with Crippen LogP contribution in [-0.2, 0) is 0 Å². The van der Waals surface area contributed by atoms with Gasteiger partial charge in [0, 0.05) is 17.4 Å². The molecule has 0 amide bonds. The van der Waals surface area contributed by atoms with E-state index in [1.807, 2.05) is 62.4 Å². The van der Waals surface area contributed by atoms with E-state index in [1.165, 1.54) is 0 Å². The SMILES string of the molecule is CCOc1ccc(Nc2cc(Cl)nc(Nc3ccc(OCC)cc3)n2)cc1. The predicted molar refractivity (Wildman–Crippen MR) is 109 cm³/mol. The lowest BCUT2D eigenvalue weighted by Crippen LogP contribution is -2.01. The third-order valence-corrected chi connectivity index (χ3v) is 3.75. The highest BCUT2D eigenvalue weighted by Gasteiger charge is 2.05. The van der Waals surface area contributed by atoms with Crippen molar-refractivity contribution in [3.8, 4) is 11.5 Å². The highest BCUT2D eigenvalue weighted by Crippen LogP contribution is 2.24. The summed E-state index contributed by atoms with van der Waals surface area (Å²) < 4.78 is 10.9. The Kier molecular flexibility index (Phi) is 6.33. The number of ether oxygens (including phenoxy) is 2. The van der Waals surface area contributed by atoms with Gasteiger partial charge in [-0.2, -0.15) is 4.98 Å². The topological polar surface area (TPSA) is 68.3 Å². The van der Waals surface area contributed by atoms with Gasteiger partial charge in [0.05, 0.1) is 13.2 Å². The molecular weight excluding hydrogens is 364 g/mol. The molecular formula is C20H21ClN4O2. The third kappa shape index (κ3) is 5.49. The fourth-order valence-electron chi connectivity index (χ4n) is 2.42. The molecule has 2 aromatic carbocycles. The minimum atomic E-state index is 0.340. The van der Waals surface area contributed by atoms with Gasteiger partial charge in [-0.1, -0.05) is 11.6 Å². The molecule has 27 heavy (non-hydrogen) atoms. The van der Waals surface area contributed by atoms with Gasteiger partial charge in [-0.05, 0) is 62.4 Å². The fourth-order valence-corrected chi connectivity index (χ4v) is 2.60. The van der Waals surface area contributed by atoms with Gasteiger partial charge in [0.25, 0.3) is 0 Å². The summed E-state index contributed by atoms with van der Waals surface area (Å²) >= 11 is 6.14. The molecule has 0 saturated carbocycles. The van der Waals surface area contributed by atoms with Gasteiger partial charge in [-0.25, -0.2) is 4.98 Å². The molecule has 0 saturated heterocycles. The monoisotopic (exact) mass is 384 g/mol. The van der Waals surface area contributed by atoms with Crippen molar-refractivity contribution >= 4 is 34.7 Å². The van der Waals surface area contributed by atoms with E-state index in [0.29, 0.717) is 30.1 Å². The Balaban J connectivity index is 1.71. The van der Waals surface area contributed by atoms with Crippen LogP contribution in [0.3, 0.4) is 0 Å². The molecule has 0 spiro atoms. The molecule has 140 valence electrons. The molecule has 1 aromatic heterocycles. The second kappa shape index (κ2) is 9.09. The molecule has 3 rings (SSSR count). The first-order valence-corrected chi connectivity index (χ1v) is 9.08. The molecule has 3 aromatic rings. The van der Waals surface area contributed by atoms with Gasteiger partial charge >= 0.3 is 0 Å². The molecule has 2 N–H and O–H groups in total. The minimum absolute atomic E-state index is 0.340. The average Bonchev–Trinajstić information content (AvgIpc) is 2.65. The molecule has 0 fully saturated rings. The highest BCUT2D eigenvalue weighted by atomic mass is 35.5. The second-order valence-corrected chi connectivity index (χ2v) is 5.95. The number of nitrogens with zero attached hydrogens (tertiary/aromatic N) is 2. The average molecular weight is 385 g/mol. The summed E-state index contributed by atoms with van der Waals surface area (Å²) in [7, 11) is 0. The first kappa shape index (κ1) is 18.8. The number of halogens is 1. The van der Waals surface area contributed by atoms with Gasteiger partial charge in [0.1, 0.15) is 22.5 Å². The van der Waals surface area contributed by atoms with Crippen LogP contribution in [0.1, 0.15) is 13.8 Å². The smallest absolute Gasteiger partial charge is 0.230 e. The zero-order valence-electron chi connectivity index (χ0n) is 15.2. The lowest BCUT2D eigenvalue weighted by Gasteiger charge is -2.10. The number of hydrogen-bond acceptors (Lipinski definition) is 6. The number of nitrogens with one attached hydrogen (secondary N) is 2. The number of hydrogen-bond donors (Lipinski definition) is 2. The molecule has 6 nitrogen and oxygen atoms in total. The van der Waals surface area contributed by atoms with E-state index >= 15 is 0 Å². The summed E-state index contributed by atoms with van der Waals surface area (Å²) in [6.07, 6.45) is 0. The number of anilines is 4. The summed E-state index contributed by atoms with van der Waals surface area (Å²) in [6.45, 7) is 5.17. The Morgan fingerprint density at radius 3 is 1.81 bits per heavy atom. The van der Waals surface area contributed by atoms with Crippen LogP contribution < -0.4 is 20.1 Å². The van der Waals surface area contributed by atoms with E-state index in [-0.39, 0.29) is 0 Å². The summed E-state index contributed by atoms with van der Waals surface area (Å²) in [4.78, 5) is 8.68. The molecule has 0 unspecified atom stereocenters. The number of rotatable bonds is 8. The standard InChI is InChI=1S/C20H21ClN4O2/c1-3-26-16-9-5-14(6-10-16)22-19-13-18(21)24-20(25-19)23-15-7-11-17(12-8-15)27-4-2/h5-13H,3-4H2,1-2H3,(H2,22,23,24,25). The van der Waals surface area contributed by atoms with Gasteiger partial charge < -0.3 is 20.1 Å². The van der Waals surface area contributed by atoms with Gasteiger partial charge in [0.15, 0.2) is 0 Å². The van der Waals surface area contributed by atoms with Crippen LogP contribution in [0.25, 0.3) is 0 Å². The van der Waals surface area contributed by atoms with Crippen LogP contribution in [0.15, 0.2) is 54.6 Å². The van der Waals surface area contributed by atoms with E-state index in [0.717, 1.165) is 22.9 Å². The summed E-state index contributed by atoms with van der Waals surface area (Å²) in [5.74, 6) is 2.63. The van der Waals surface area contributed by atoms with Crippen LogP contribution in [0, 0.1) is 0 Å². The molecule has 0 bridgehead atoms. The van der Waals surface area contributed by atoms with E-state index < -0.39 is 0 Å². The maximum Gasteiger partial charge on any atom is 0.230 e. The molecule has 0 atom stereocenters. The summed E-state index contributed by atoms with van der Waals surface area (Å²) in [5, 5.41) is 6.70. The Bertz CT molecular complexity index is 800. The van der Waals surface area contributed by atoms with E-state index in [2.05, 4.69) is 20.6 Å². The normalized spacial score (nSPS) is 10.3. The number of aromatic nitrogens is 2. The first-order chi connectivity index (χ1) is 13.2. The summed E-state index contributed by atoms with van der Waals surface area (Å²) in [6, 6.07) is 16.9. The quantitative estimate of drug-likeness (QED) is 0.506. The molecule has 0 aliphatic rings. The predicted octanol–water partition coefficient (Wildman–Crippen LogP) is 5.41. The summed E-state index contributed by atoms with van der Waals surface area (Å²) in [5.41, 5.74) is 1.72. The molecule has 0 aliphatic carbocycles. The van der Waals surface area contributed by atoms with Crippen molar-refractivity contribution in [2.75, 3.05) is 23.8 Å². The van der Waals surface area contributed by atoms with Crippen molar-refractivity contribution in [2.45, 2.75) is 13.8 Å². The fraction of sp³-hybridized carbons (Fsp3) is 0.200. The Hall–Kier alpha value is -2.99. The van der Waals surface area contributed by atoms with Crippen molar-refractivity contribution in [1.29, 1.82) is 0 Å². The van der Waals surface area contributed by atoms with Crippen molar-refractivity contribution in [3.05, 3.63) is 59.8 Å². The van der Waals surface area contributed by atoms with Gasteiger partial charge in [-0.15, -0.1) is 0 Å². The second-order valence-electron chi connectivity index (χ2n) is 5.56. The molecule has 0 aliphatic heterocycles. The minimum Gasteiger partial charge on any atom is -0.494 e. The van der Waals surface area contributed by atoms with Crippen LogP contribution in [0.5, 0.6) is 11.5 Å².